The molecule has 0 spiro atoms. The number of hydrogen-bond acceptors (Lipinski definition) is 1. The normalized spacial score (nSPS) is 43.1. The quantitative estimate of drug-likeness (QED) is 0.517. The molecule has 0 bridgehead atoms. The average molecular weight is 232 g/mol. The number of hydrogen-bond donors (Lipinski definition) is 0. The minimum atomic E-state index is 0.538. The third-order valence-corrected chi connectivity index (χ3v) is 5.25. The lowest BCUT2D eigenvalue weighted by molar-refractivity contribution is -0.117. The summed E-state index contributed by atoms with van der Waals surface area (Å²) < 4.78 is 0. The van der Waals surface area contributed by atoms with Crippen molar-refractivity contribution in [1.82, 2.24) is 0 Å². The van der Waals surface area contributed by atoms with Crippen molar-refractivity contribution in [2.75, 3.05) is 0 Å². The first-order chi connectivity index (χ1) is 8.31. The fourth-order valence-electron chi connectivity index (χ4n) is 4.40. The van der Waals surface area contributed by atoms with Gasteiger partial charge in [0.2, 0.25) is 0 Å². The average Bonchev–Trinajstić information content (AvgIpc) is 2.63. The maximum Gasteiger partial charge on any atom is 0.133 e. The first-order valence-electron chi connectivity index (χ1n) is 7.49. The summed E-state index contributed by atoms with van der Waals surface area (Å²) >= 11 is 0. The molecule has 0 aromatic carbocycles. The summed E-state index contributed by atoms with van der Waals surface area (Å²) in [4.78, 5) is 11.4. The summed E-state index contributed by atoms with van der Waals surface area (Å²) in [6.07, 6.45) is 13.3. The van der Waals surface area contributed by atoms with Gasteiger partial charge in [-0.15, -0.1) is 0 Å². The zero-order valence-electron chi connectivity index (χ0n) is 10.9. The van der Waals surface area contributed by atoms with Gasteiger partial charge in [0, 0.05) is 12.8 Å². The van der Waals surface area contributed by atoms with E-state index in [-0.39, 0.29) is 0 Å². The Hall–Kier alpha value is -0.590. The van der Waals surface area contributed by atoms with Crippen molar-refractivity contribution in [2.24, 2.45) is 29.6 Å². The fraction of sp³-hybridized carbons (Fsp3) is 0.812. The minimum Gasteiger partial charge on any atom is -0.300 e. The minimum absolute atomic E-state index is 0.538. The second-order valence-corrected chi connectivity index (χ2v) is 6.35. The highest BCUT2D eigenvalue weighted by Crippen LogP contribution is 2.66. The molecule has 0 amide bonds. The predicted octanol–water partition coefficient (Wildman–Crippen LogP) is 3.98. The van der Waals surface area contributed by atoms with Crippen LogP contribution in [0.25, 0.3) is 0 Å². The Morgan fingerprint density at radius 2 is 2.12 bits per heavy atom. The van der Waals surface area contributed by atoms with Crippen LogP contribution in [0.4, 0.5) is 0 Å². The fourth-order valence-corrected chi connectivity index (χ4v) is 4.40. The molecule has 1 nitrogen and oxygen atoms in total. The van der Waals surface area contributed by atoms with Crippen LogP contribution in [0.15, 0.2) is 12.2 Å². The molecule has 0 aromatic heterocycles. The van der Waals surface area contributed by atoms with Crippen molar-refractivity contribution in [2.45, 2.75) is 51.9 Å². The molecule has 1 heteroatoms. The topological polar surface area (TPSA) is 17.1 Å². The van der Waals surface area contributed by atoms with Crippen LogP contribution < -0.4 is 0 Å². The summed E-state index contributed by atoms with van der Waals surface area (Å²) in [5.41, 5.74) is 0. The van der Waals surface area contributed by atoms with E-state index < -0.39 is 0 Å². The molecule has 0 saturated heterocycles. The van der Waals surface area contributed by atoms with Crippen molar-refractivity contribution < 1.29 is 4.79 Å². The Labute approximate surface area is 105 Å². The van der Waals surface area contributed by atoms with E-state index in [1.54, 1.807) is 0 Å². The molecule has 94 valence electrons. The van der Waals surface area contributed by atoms with Crippen LogP contribution in [0.3, 0.4) is 0 Å². The molecule has 5 atom stereocenters. The van der Waals surface area contributed by atoms with E-state index in [2.05, 4.69) is 19.1 Å². The molecule has 0 radical (unpaired) electrons. The van der Waals surface area contributed by atoms with Crippen molar-refractivity contribution in [3.8, 4) is 0 Å². The molecule has 0 aliphatic heterocycles. The molecular formula is C16H24O. The SMILES string of the molecule is CCCCCC=CC1[C@@H]2C3CC(=O)CC3C[C@H]12. The van der Waals surface area contributed by atoms with E-state index in [4.69, 9.17) is 0 Å². The van der Waals surface area contributed by atoms with Crippen LogP contribution in [0, 0.1) is 29.6 Å². The maximum absolute atomic E-state index is 11.4. The molecule has 3 rings (SSSR count). The van der Waals surface area contributed by atoms with Gasteiger partial charge in [-0.2, -0.15) is 0 Å². The number of allylic oxidation sites excluding steroid dienone is 2. The highest BCUT2D eigenvalue weighted by Gasteiger charge is 2.62. The lowest BCUT2D eigenvalue weighted by atomic mass is 9.92. The van der Waals surface area contributed by atoms with E-state index in [9.17, 15) is 4.79 Å². The molecule has 3 fully saturated rings. The van der Waals surface area contributed by atoms with Gasteiger partial charge in [-0.05, 0) is 48.9 Å². The van der Waals surface area contributed by atoms with Crippen LogP contribution in [0.2, 0.25) is 0 Å². The first-order valence-corrected chi connectivity index (χ1v) is 7.49. The van der Waals surface area contributed by atoms with Crippen LogP contribution in [0.5, 0.6) is 0 Å². The van der Waals surface area contributed by atoms with Crippen LogP contribution in [-0.4, -0.2) is 5.78 Å². The van der Waals surface area contributed by atoms with Gasteiger partial charge >= 0.3 is 0 Å². The summed E-state index contributed by atoms with van der Waals surface area (Å²) in [5, 5.41) is 0. The first kappa shape index (κ1) is 11.5. The van der Waals surface area contributed by atoms with Gasteiger partial charge < -0.3 is 0 Å². The van der Waals surface area contributed by atoms with Gasteiger partial charge in [0.25, 0.3) is 0 Å². The van der Waals surface area contributed by atoms with E-state index in [1.807, 2.05) is 0 Å². The Bertz CT molecular complexity index is 330. The number of ketones is 1. The van der Waals surface area contributed by atoms with Crippen molar-refractivity contribution in [3.63, 3.8) is 0 Å². The van der Waals surface area contributed by atoms with Gasteiger partial charge in [-0.25, -0.2) is 0 Å². The highest BCUT2D eigenvalue weighted by molar-refractivity contribution is 5.81. The Balaban J connectivity index is 1.46. The summed E-state index contributed by atoms with van der Waals surface area (Å²) in [6, 6.07) is 0. The molecule has 3 saturated carbocycles. The Morgan fingerprint density at radius 3 is 2.94 bits per heavy atom. The lowest BCUT2D eigenvalue weighted by Crippen LogP contribution is -2.06. The van der Waals surface area contributed by atoms with Gasteiger partial charge in [0.1, 0.15) is 5.78 Å². The van der Waals surface area contributed by atoms with Crippen molar-refractivity contribution in [3.05, 3.63) is 12.2 Å². The number of carbonyl (C=O) groups excluding carboxylic acids is 1. The van der Waals surface area contributed by atoms with Crippen LogP contribution in [0.1, 0.15) is 51.9 Å². The molecule has 0 N–H and O–H groups in total. The third-order valence-electron chi connectivity index (χ3n) is 5.25. The lowest BCUT2D eigenvalue weighted by Gasteiger charge is -2.12. The summed E-state index contributed by atoms with van der Waals surface area (Å²) in [7, 11) is 0. The van der Waals surface area contributed by atoms with Crippen molar-refractivity contribution in [1.29, 1.82) is 0 Å². The molecule has 3 aliphatic rings. The second kappa shape index (κ2) is 4.59. The van der Waals surface area contributed by atoms with Crippen molar-refractivity contribution >= 4 is 5.78 Å². The third kappa shape index (κ3) is 2.09. The van der Waals surface area contributed by atoms with Crippen LogP contribution >= 0.6 is 0 Å². The monoisotopic (exact) mass is 232 g/mol. The number of fused-ring (bicyclic) bond motifs is 3. The highest BCUT2D eigenvalue weighted by atomic mass is 16.1. The number of unbranched alkanes of at least 4 members (excludes halogenated alkanes) is 3. The smallest absolute Gasteiger partial charge is 0.133 e. The van der Waals surface area contributed by atoms with E-state index in [0.29, 0.717) is 5.78 Å². The molecular weight excluding hydrogens is 208 g/mol. The molecule has 3 aliphatic carbocycles. The molecule has 3 unspecified atom stereocenters. The number of Topliss-reactive ketones (excluding diaryl/α,β-unsaturated/α-hetero) is 1. The maximum atomic E-state index is 11.4. The summed E-state index contributed by atoms with van der Waals surface area (Å²) in [5.74, 6) is 4.80. The van der Waals surface area contributed by atoms with Crippen LogP contribution in [-0.2, 0) is 4.79 Å². The second-order valence-electron chi connectivity index (χ2n) is 6.35. The van der Waals surface area contributed by atoms with E-state index in [1.165, 1.54) is 32.1 Å². The number of carbonyl (C=O) groups is 1. The Kier molecular flexibility index (Phi) is 3.10. The van der Waals surface area contributed by atoms with Gasteiger partial charge in [0.15, 0.2) is 0 Å². The molecule has 17 heavy (non-hydrogen) atoms. The van der Waals surface area contributed by atoms with Gasteiger partial charge in [-0.1, -0.05) is 31.9 Å². The number of rotatable bonds is 5. The van der Waals surface area contributed by atoms with E-state index >= 15 is 0 Å². The van der Waals surface area contributed by atoms with E-state index in [0.717, 1.165) is 42.4 Å². The van der Waals surface area contributed by atoms with Gasteiger partial charge in [0.05, 0.1) is 0 Å². The zero-order chi connectivity index (χ0) is 11.8. The summed E-state index contributed by atoms with van der Waals surface area (Å²) in [6.45, 7) is 2.26. The predicted molar refractivity (Wildman–Crippen MR) is 69.6 cm³/mol. The largest absolute Gasteiger partial charge is 0.300 e. The van der Waals surface area contributed by atoms with Gasteiger partial charge in [-0.3, -0.25) is 4.79 Å². The standard InChI is InChI=1S/C16H24O/c1-2-3-4-5-6-7-13-15-9-11-8-12(17)10-14(11)16(13)15/h6-7,11,13-16H,2-5,8-10H2,1H3/t11?,13?,14?,15-,16-/m1/s1. The zero-order valence-corrected chi connectivity index (χ0v) is 10.9. The molecule has 0 aromatic rings. The Morgan fingerprint density at radius 1 is 1.24 bits per heavy atom. The molecule has 0 heterocycles.